The molecule has 1 aromatic heterocycles. The summed E-state index contributed by atoms with van der Waals surface area (Å²) >= 11 is 1.56. The SMILES string of the molecule is CSCC(=O)N1CCCn2nc(CCC(=O)NC3CCCC3)cc2C1. The number of hydrogen-bond donors (Lipinski definition) is 1. The maximum absolute atomic E-state index is 12.2. The molecule has 1 N–H and O–H groups in total. The average Bonchev–Trinajstić information content (AvgIpc) is 3.18. The molecule has 0 aromatic carbocycles. The van der Waals surface area contributed by atoms with Crippen LogP contribution in [0.4, 0.5) is 0 Å². The van der Waals surface area contributed by atoms with Gasteiger partial charge < -0.3 is 10.2 Å². The highest BCUT2D eigenvalue weighted by Gasteiger charge is 2.21. The highest BCUT2D eigenvalue weighted by molar-refractivity contribution is 7.99. The van der Waals surface area contributed by atoms with Gasteiger partial charge in [-0.15, -0.1) is 0 Å². The van der Waals surface area contributed by atoms with Gasteiger partial charge >= 0.3 is 0 Å². The van der Waals surface area contributed by atoms with Gasteiger partial charge in [-0.2, -0.15) is 16.9 Å². The van der Waals surface area contributed by atoms with Crippen LogP contribution in [0.15, 0.2) is 6.07 Å². The van der Waals surface area contributed by atoms with Crippen molar-refractivity contribution in [2.45, 2.75) is 64.1 Å². The van der Waals surface area contributed by atoms with Crippen molar-refractivity contribution in [3.8, 4) is 0 Å². The molecule has 0 bridgehead atoms. The molecule has 1 aromatic rings. The minimum Gasteiger partial charge on any atom is -0.353 e. The molecular formula is C18H28N4O2S. The fourth-order valence-electron chi connectivity index (χ4n) is 3.68. The average molecular weight is 365 g/mol. The van der Waals surface area contributed by atoms with Crippen molar-refractivity contribution in [2.24, 2.45) is 0 Å². The minimum atomic E-state index is 0.131. The highest BCUT2D eigenvalue weighted by atomic mass is 32.2. The third-order valence-corrected chi connectivity index (χ3v) is 5.55. The maximum Gasteiger partial charge on any atom is 0.232 e. The molecule has 0 saturated heterocycles. The second-order valence-corrected chi connectivity index (χ2v) is 7.87. The first kappa shape index (κ1) is 18.3. The molecule has 138 valence electrons. The highest BCUT2D eigenvalue weighted by Crippen LogP contribution is 2.18. The number of aromatic nitrogens is 2. The molecule has 0 radical (unpaired) electrons. The summed E-state index contributed by atoms with van der Waals surface area (Å²) in [6.07, 6.45) is 8.72. The van der Waals surface area contributed by atoms with Gasteiger partial charge in [-0.1, -0.05) is 12.8 Å². The molecule has 0 atom stereocenters. The van der Waals surface area contributed by atoms with Crippen LogP contribution in [-0.2, 0) is 29.1 Å². The van der Waals surface area contributed by atoms with Crippen molar-refractivity contribution >= 4 is 23.6 Å². The van der Waals surface area contributed by atoms with E-state index < -0.39 is 0 Å². The Labute approximate surface area is 153 Å². The molecule has 1 fully saturated rings. The van der Waals surface area contributed by atoms with Crippen LogP contribution < -0.4 is 5.32 Å². The Kier molecular flexibility index (Phi) is 6.39. The van der Waals surface area contributed by atoms with E-state index in [0.717, 1.165) is 43.7 Å². The largest absolute Gasteiger partial charge is 0.353 e. The zero-order valence-electron chi connectivity index (χ0n) is 15.0. The molecule has 2 amide bonds. The van der Waals surface area contributed by atoms with E-state index in [4.69, 9.17) is 0 Å². The van der Waals surface area contributed by atoms with Crippen molar-refractivity contribution in [3.63, 3.8) is 0 Å². The zero-order valence-corrected chi connectivity index (χ0v) is 15.8. The third-order valence-electron chi connectivity index (χ3n) is 5.01. The standard InChI is InChI=1S/C18H28N4O2S/c1-25-13-18(24)21-9-4-10-22-16(12-21)11-15(20-22)7-8-17(23)19-14-5-2-3-6-14/h11,14H,2-10,12-13H2,1H3,(H,19,23). The Morgan fingerprint density at radius 3 is 2.84 bits per heavy atom. The van der Waals surface area contributed by atoms with Gasteiger partial charge in [-0.05, 0) is 31.6 Å². The van der Waals surface area contributed by atoms with E-state index >= 15 is 0 Å². The number of aryl methyl sites for hydroxylation is 2. The second-order valence-electron chi connectivity index (χ2n) is 7.00. The predicted octanol–water partition coefficient (Wildman–Crippen LogP) is 1.97. The lowest BCUT2D eigenvalue weighted by Gasteiger charge is -2.19. The number of carbonyl (C=O) groups is 2. The zero-order chi connectivity index (χ0) is 17.6. The van der Waals surface area contributed by atoms with Crippen molar-refractivity contribution in [2.75, 3.05) is 18.6 Å². The summed E-state index contributed by atoms with van der Waals surface area (Å²) in [4.78, 5) is 26.2. The summed E-state index contributed by atoms with van der Waals surface area (Å²) in [5, 5.41) is 7.78. The summed E-state index contributed by atoms with van der Waals surface area (Å²) in [6.45, 7) is 2.26. The van der Waals surface area contributed by atoms with Crippen LogP contribution in [0.3, 0.4) is 0 Å². The maximum atomic E-state index is 12.2. The molecule has 2 heterocycles. The van der Waals surface area contributed by atoms with Crippen LogP contribution >= 0.6 is 11.8 Å². The fraction of sp³-hybridized carbons (Fsp3) is 0.722. The number of thioether (sulfide) groups is 1. The van der Waals surface area contributed by atoms with Gasteiger partial charge in [-0.3, -0.25) is 14.3 Å². The smallest absolute Gasteiger partial charge is 0.232 e. The van der Waals surface area contributed by atoms with E-state index in [9.17, 15) is 9.59 Å². The lowest BCUT2D eigenvalue weighted by atomic mass is 10.2. The number of carbonyl (C=O) groups excluding carboxylic acids is 2. The summed E-state index contributed by atoms with van der Waals surface area (Å²) in [5.74, 6) is 0.856. The Bertz CT molecular complexity index is 610. The number of nitrogens with one attached hydrogen (secondary N) is 1. The van der Waals surface area contributed by atoms with Crippen LogP contribution in [-0.4, -0.2) is 51.1 Å². The number of fused-ring (bicyclic) bond motifs is 1. The molecule has 1 aliphatic heterocycles. The Morgan fingerprint density at radius 1 is 1.28 bits per heavy atom. The molecule has 7 heteroatoms. The number of hydrogen-bond acceptors (Lipinski definition) is 4. The quantitative estimate of drug-likeness (QED) is 0.838. The molecule has 6 nitrogen and oxygen atoms in total. The molecule has 2 aliphatic rings. The first-order valence-electron chi connectivity index (χ1n) is 9.27. The molecule has 1 saturated carbocycles. The predicted molar refractivity (Wildman–Crippen MR) is 99.4 cm³/mol. The van der Waals surface area contributed by atoms with Crippen molar-refractivity contribution < 1.29 is 9.59 Å². The topological polar surface area (TPSA) is 67.2 Å². The first-order chi connectivity index (χ1) is 12.2. The van der Waals surface area contributed by atoms with Crippen LogP contribution in [0.25, 0.3) is 0 Å². The van der Waals surface area contributed by atoms with Gasteiger partial charge in [0.05, 0.1) is 23.7 Å². The van der Waals surface area contributed by atoms with E-state index in [-0.39, 0.29) is 11.8 Å². The van der Waals surface area contributed by atoms with Crippen LogP contribution in [0.1, 0.15) is 49.9 Å². The fourth-order valence-corrected chi connectivity index (χ4v) is 4.11. The summed E-state index contributed by atoms with van der Waals surface area (Å²) in [6, 6.07) is 2.44. The van der Waals surface area contributed by atoms with Gasteiger partial charge in [0, 0.05) is 32.0 Å². The third kappa shape index (κ3) is 5.00. The minimum absolute atomic E-state index is 0.131. The molecule has 0 spiro atoms. The van der Waals surface area contributed by atoms with E-state index in [1.807, 2.05) is 15.8 Å². The van der Waals surface area contributed by atoms with Crippen LogP contribution in [0.2, 0.25) is 0 Å². The Hall–Kier alpha value is -1.50. The monoisotopic (exact) mass is 364 g/mol. The normalized spacial score (nSPS) is 18.0. The lowest BCUT2D eigenvalue weighted by Crippen LogP contribution is -2.32. The summed E-state index contributed by atoms with van der Waals surface area (Å²) in [5.41, 5.74) is 2.04. The van der Waals surface area contributed by atoms with E-state index in [1.165, 1.54) is 12.8 Å². The van der Waals surface area contributed by atoms with Gasteiger partial charge in [-0.25, -0.2) is 0 Å². The van der Waals surface area contributed by atoms with Crippen LogP contribution in [0.5, 0.6) is 0 Å². The van der Waals surface area contributed by atoms with Gasteiger partial charge in [0.25, 0.3) is 0 Å². The molecule has 1 aliphatic carbocycles. The van der Waals surface area contributed by atoms with E-state index in [0.29, 0.717) is 31.2 Å². The summed E-state index contributed by atoms with van der Waals surface area (Å²) < 4.78 is 2.01. The Morgan fingerprint density at radius 2 is 2.08 bits per heavy atom. The summed E-state index contributed by atoms with van der Waals surface area (Å²) in [7, 11) is 0. The lowest BCUT2D eigenvalue weighted by molar-refractivity contribution is -0.129. The van der Waals surface area contributed by atoms with Gasteiger partial charge in [0.2, 0.25) is 11.8 Å². The molecule has 3 rings (SSSR count). The number of rotatable bonds is 6. The van der Waals surface area contributed by atoms with E-state index in [1.54, 1.807) is 11.8 Å². The van der Waals surface area contributed by atoms with Crippen molar-refractivity contribution in [1.82, 2.24) is 20.0 Å². The van der Waals surface area contributed by atoms with Crippen molar-refractivity contribution in [3.05, 3.63) is 17.5 Å². The number of nitrogens with zero attached hydrogens (tertiary/aromatic N) is 3. The molecule has 0 unspecified atom stereocenters. The number of amides is 2. The van der Waals surface area contributed by atoms with Gasteiger partial charge in [0.15, 0.2) is 0 Å². The van der Waals surface area contributed by atoms with Gasteiger partial charge in [0.1, 0.15) is 0 Å². The van der Waals surface area contributed by atoms with Crippen molar-refractivity contribution in [1.29, 1.82) is 0 Å². The van der Waals surface area contributed by atoms with Crippen LogP contribution in [0, 0.1) is 0 Å². The molecular weight excluding hydrogens is 336 g/mol. The second kappa shape index (κ2) is 8.74. The molecule has 25 heavy (non-hydrogen) atoms. The van der Waals surface area contributed by atoms with E-state index in [2.05, 4.69) is 16.5 Å². The Balaban J connectivity index is 1.53. The first-order valence-corrected chi connectivity index (χ1v) is 10.7.